The van der Waals surface area contributed by atoms with Crippen molar-refractivity contribution in [2.45, 2.75) is 26.7 Å². The molecular formula is C18H16O2. The highest BCUT2D eigenvalue weighted by atomic mass is 16.2. The molecule has 0 fully saturated rings. The SMILES string of the molecule is Cc1cccc2c1C(=O)C(=O)c1cc(C(C)C)ccc1-2. The zero-order valence-electron chi connectivity index (χ0n) is 11.9. The van der Waals surface area contributed by atoms with Crippen molar-refractivity contribution in [2.75, 3.05) is 0 Å². The summed E-state index contributed by atoms with van der Waals surface area (Å²) in [6, 6.07) is 11.6. The quantitative estimate of drug-likeness (QED) is 0.725. The van der Waals surface area contributed by atoms with Crippen molar-refractivity contribution in [2.24, 2.45) is 0 Å². The average molecular weight is 264 g/mol. The largest absolute Gasteiger partial charge is 0.285 e. The van der Waals surface area contributed by atoms with Gasteiger partial charge < -0.3 is 0 Å². The highest BCUT2D eigenvalue weighted by Gasteiger charge is 2.31. The lowest BCUT2D eigenvalue weighted by Crippen LogP contribution is -2.22. The minimum Gasteiger partial charge on any atom is -0.285 e. The van der Waals surface area contributed by atoms with E-state index in [1.54, 1.807) is 0 Å². The Hall–Kier alpha value is -2.22. The van der Waals surface area contributed by atoms with E-state index in [-0.39, 0.29) is 11.6 Å². The van der Waals surface area contributed by atoms with Crippen molar-refractivity contribution in [3.05, 3.63) is 58.7 Å². The molecule has 100 valence electrons. The maximum Gasteiger partial charge on any atom is 0.234 e. The number of Topliss-reactive ketones (excluding diaryl/α,β-unsaturated/α-hetero) is 2. The lowest BCUT2D eigenvalue weighted by molar-refractivity contribution is 0.0815. The summed E-state index contributed by atoms with van der Waals surface area (Å²) in [5, 5.41) is 0. The Balaban J connectivity index is 2.33. The second-order valence-electron chi connectivity index (χ2n) is 5.62. The second-order valence-corrected chi connectivity index (χ2v) is 5.62. The third-order valence-corrected chi connectivity index (χ3v) is 3.95. The Morgan fingerprint density at radius 3 is 2.30 bits per heavy atom. The van der Waals surface area contributed by atoms with Crippen molar-refractivity contribution < 1.29 is 9.59 Å². The molecule has 2 heteroatoms. The first-order valence-electron chi connectivity index (χ1n) is 6.83. The Labute approximate surface area is 118 Å². The third-order valence-electron chi connectivity index (χ3n) is 3.95. The maximum atomic E-state index is 12.4. The van der Waals surface area contributed by atoms with Gasteiger partial charge in [0.05, 0.1) is 0 Å². The molecule has 0 spiro atoms. The lowest BCUT2D eigenvalue weighted by Gasteiger charge is -2.20. The van der Waals surface area contributed by atoms with E-state index in [0.29, 0.717) is 17.0 Å². The van der Waals surface area contributed by atoms with E-state index in [1.807, 2.05) is 43.3 Å². The van der Waals surface area contributed by atoms with Crippen molar-refractivity contribution >= 4 is 11.6 Å². The number of carbonyl (C=O) groups excluding carboxylic acids is 2. The van der Waals surface area contributed by atoms with Crippen molar-refractivity contribution in [3.63, 3.8) is 0 Å². The normalized spacial score (nSPS) is 13.4. The van der Waals surface area contributed by atoms with Crippen LogP contribution >= 0.6 is 0 Å². The molecule has 0 radical (unpaired) electrons. The van der Waals surface area contributed by atoms with Crippen LogP contribution in [0.25, 0.3) is 11.1 Å². The van der Waals surface area contributed by atoms with Crippen LogP contribution in [0.3, 0.4) is 0 Å². The van der Waals surface area contributed by atoms with Crippen molar-refractivity contribution in [3.8, 4) is 11.1 Å². The lowest BCUT2D eigenvalue weighted by atomic mass is 9.80. The number of hydrogen-bond donors (Lipinski definition) is 0. The fourth-order valence-corrected chi connectivity index (χ4v) is 2.77. The first-order valence-corrected chi connectivity index (χ1v) is 6.83. The van der Waals surface area contributed by atoms with E-state index in [9.17, 15) is 9.59 Å². The fraction of sp³-hybridized carbons (Fsp3) is 0.222. The van der Waals surface area contributed by atoms with E-state index in [2.05, 4.69) is 13.8 Å². The fourth-order valence-electron chi connectivity index (χ4n) is 2.77. The molecule has 0 heterocycles. The molecule has 1 aliphatic carbocycles. The van der Waals surface area contributed by atoms with Crippen LogP contribution in [-0.4, -0.2) is 11.6 Å². The van der Waals surface area contributed by atoms with Gasteiger partial charge in [-0.15, -0.1) is 0 Å². The molecule has 0 saturated carbocycles. The highest BCUT2D eigenvalue weighted by molar-refractivity contribution is 6.53. The molecule has 2 aromatic carbocycles. The van der Waals surface area contributed by atoms with Gasteiger partial charge in [-0.25, -0.2) is 0 Å². The van der Waals surface area contributed by atoms with Crippen LogP contribution < -0.4 is 0 Å². The molecule has 0 N–H and O–H groups in total. The number of aryl methyl sites for hydroxylation is 1. The maximum absolute atomic E-state index is 12.4. The molecule has 0 bridgehead atoms. The summed E-state index contributed by atoms with van der Waals surface area (Å²) in [4.78, 5) is 24.7. The van der Waals surface area contributed by atoms with Gasteiger partial charge in [-0.3, -0.25) is 9.59 Å². The minimum absolute atomic E-state index is 0.335. The predicted octanol–water partition coefficient (Wildman–Crippen LogP) is 4.16. The first kappa shape index (κ1) is 12.8. The molecule has 0 aliphatic heterocycles. The van der Waals surface area contributed by atoms with Gasteiger partial charge >= 0.3 is 0 Å². The van der Waals surface area contributed by atoms with Gasteiger partial charge in [0.15, 0.2) is 0 Å². The first-order chi connectivity index (χ1) is 9.50. The summed E-state index contributed by atoms with van der Waals surface area (Å²) in [6.07, 6.45) is 0. The van der Waals surface area contributed by atoms with Crippen LogP contribution in [0.15, 0.2) is 36.4 Å². The van der Waals surface area contributed by atoms with Crippen molar-refractivity contribution in [1.29, 1.82) is 0 Å². The average Bonchev–Trinajstić information content (AvgIpc) is 2.44. The molecule has 0 saturated heterocycles. The highest BCUT2D eigenvalue weighted by Crippen LogP contribution is 2.36. The number of benzene rings is 2. The van der Waals surface area contributed by atoms with Gasteiger partial charge in [0.25, 0.3) is 0 Å². The van der Waals surface area contributed by atoms with Crippen LogP contribution in [0.1, 0.15) is 51.6 Å². The number of ketones is 2. The molecule has 1 aliphatic rings. The summed E-state index contributed by atoms with van der Waals surface area (Å²) in [7, 11) is 0. The molecule has 20 heavy (non-hydrogen) atoms. The molecule has 2 nitrogen and oxygen atoms in total. The smallest absolute Gasteiger partial charge is 0.234 e. The summed E-state index contributed by atoms with van der Waals surface area (Å²) in [6.45, 7) is 6.03. The second kappa shape index (κ2) is 4.41. The Morgan fingerprint density at radius 1 is 0.850 bits per heavy atom. The number of fused-ring (bicyclic) bond motifs is 3. The van der Waals surface area contributed by atoms with Gasteiger partial charge in [0.2, 0.25) is 11.6 Å². The predicted molar refractivity (Wildman–Crippen MR) is 79.4 cm³/mol. The molecule has 0 atom stereocenters. The molecule has 0 amide bonds. The minimum atomic E-state index is -0.385. The van der Waals surface area contributed by atoms with Crippen LogP contribution in [0.4, 0.5) is 0 Å². The standard InChI is InChI=1S/C18H16O2/c1-10(2)12-7-8-13-14-6-4-5-11(3)16(14)18(20)17(19)15(13)9-12/h4-10H,1-3H3. The van der Waals surface area contributed by atoms with Gasteiger partial charge in [-0.1, -0.05) is 44.2 Å². The van der Waals surface area contributed by atoms with Gasteiger partial charge in [0, 0.05) is 11.1 Å². The van der Waals surface area contributed by atoms with Crippen LogP contribution in [0.2, 0.25) is 0 Å². The van der Waals surface area contributed by atoms with Crippen LogP contribution in [0, 0.1) is 6.92 Å². The molecular weight excluding hydrogens is 248 g/mol. The number of hydrogen-bond acceptors (Lipinski definition) is 2. The molecule has 3 rings (SSSR count). The van der Waals surface area contributed by atoms with Gasteiger partial charge in [-0.2, -0.15) is 0 Å². The topological polar surface area (TPSA) is 34.1 Å². The Morgan fingerprint density at radius 2 is 1.60 bits per heavy atom. The Kier molecular flexibility index (Phi) is 2.82. The summed E-state index contributed by atoms with van der Waals surface area (Å²) in [5.74, 6) is -0.432. The van der Waals surface area contributed by atoms with E-state index in [0.717, 1.165) is 22.3 Å². The van der Waals surface area contributed by atoms with E-state index in [4.69, 9.17) is 0 Å². The number of carbonyl (C=O) groups is 2. The summed E-state index contributed by atoms with van der Waals surface area (Å²) >= 11 is 0. The van der Waals surface area contributed by atoms with E-state index < -0.39 is 0 Å². The molecule has 0 unspecified atom stereocenters. The van der Waals surface area contributed by atoms with Crippen molar-refractivity contribution in [1.82, 2.24) is 0 Å². The Bertz CT molecular complexity index is 739. The van der Waals surface area contributed by atoms with Crippen LogP contribution in [0.5, 0.6) is 0 Å². The summed E-state index contributed by atoms with van der Waals surface area (Å²) < 4.78 is 0. The molecule has 0 aromatic heterocycles. The summed E-state index contributed by atoms with van der Waals surface area (Å²) in [5.41, 5.74) is 4.79. The third kappa shape index (κ3) is 1.72. The zero-order valence-corrected chi connectivity index (χ0v) is 11.9. The van der Waals surface area contributed by atoms with Crippen LogP contribution in [-0.2, 0) is 0 Å². The molecule has 2 aromatic rings. The zero-order chi connectivity index (χ0) is 14.4. The van der Waals surface area contributed by atoms with E-state index >= 15 is 0 Å². The number of rotatable bonds is 1. The monoisotopic (exact) mass is 264 g/mol. The van der Waals surface area contributed by atoms with Gasteiger partial charge in [-0.05, 0) is 41.2 Å². The van der Waals surface area contributed by atoms with E-state index in [1.165, 1.54) is 0 Å². The van der Waals surface area contributed by atoms with Gasteiger partial charge in [0.1, 0.15) is 0 Å².